The molecule has 2 heterocycles. The van der Waals surface area contributed by atoms with Gasteiger partial charge < -0.3 is 54.3 Å². The SMILES string of the molecule is CN(OC(=O)CCCCCN(CCCC1OCCCC1O)CCO[C@H]1OC(CO)[C@@H](O)C(O)C1O)C(=O)CCC=O. The van der Waals surface area contributed by atoms with Crippen LogP contribution in [0.25, 0.3) is 0 Å². The highest BCUT2D eigenvalue weighted by atomic mass is 16.7. The van der Waals surface area contributed by atoms with Gasteiger partial charge in [0.05, 0.1) is 25.4 Å². The molecule has 0 spiro atoms. The Bertz CT molecular complexity index is 773. The van der Waals surface area contributed by atoms with Gasteiger partial charge >= 0.3 is 5.97 Å². The number of hydrogen-bond donors (Lipinski definition) is 5. The molecule has 0 aromatic heterocycles. The summed E-state index contributed by atoms with van der Waals surface area (Å²) in [6.07, 6.45) is -1.40. The first-order valence-electron chi connectivity index (χ1n) is 14.5. The summed E-state index contributed by atoms with van der Waals surface area (Å²) in [7, 11) is 1.34. The molecule has 2 saturated heterocycles. The highest BCUT2D eigenvalue weighted by molar-refractivity contribution is 5.79. The van der Waals surface area contributed by atoms with Crippen LogP contribution in [0.5, 0.6) is 0 Å². The Hall–Kier alpha value is -1.75. The smallest absolute Gasteiger partial charge is 0.332 e. The summed E-state index contributed by atoms with van der Waals surface area (Å²) in [5.41, 5.74) is 0. The van der Waals surface area contributed by atoms with Gasteiger partial charge in [-0.1, -0.05) is 6.42 Å². The number of ether oxygens (including phenoxy) is 3. The lowest BCUT2D eigenvalue weighted by atomic mass is 9.99. The van der Waals surface area contributed by atoms with Crippen LogP contribution in [0.4, 0.5) is 0 Å². The van der Waals surface area contributed by atoms with E-state index >= 15 is 0 Å². The van der Waals surface area contributed by atoms with Crippen molar-refractivity contribution in [3.63, 3.8) is 0 Å². The lowest BCUT2D eigenvalue weighted by Gasteiger charge is -2.39. The van der Waals surface area contributed by atoms with Crippen molar-refractivity contribution in [2.24, 2.45) is 0 Å². The summed E-state index contributed by atoms with van der Waals surface area (Å²) in [6, 6.07) is 0. The standard InChI is InChI=1S/C27H48N2O12/c1-28(22(33)10-6-15-30)41-23(34)11-3-2-4-12-29(13-5-9-20-19(32)8-7-16-38-20)14-17-39-27-26(37)25(36)24(35)21(18-31)40-27/h15,19-21,24-27,31-32,35-37H,2-14,16-18H2,1H3/t19?,20?,21?,24-,25?,26?,27+/m1/s1. The summed E-state index contributed by atoms with van der Waals surface area (Å²) in [4.78, 5) is 41.3. The van der Waals surface area contributed by atoms with E-state index in [4.69, 9.17) is 19.0 Å². The molecular weight excluding hydrogens is 544 g/mol. The first-order chi connectivity index (χ1) is 19.7. The first-order valence-corrected chi connectivity index (χ1v) is 14.5. The molecule has 238 valence electrons. The highest BCUT2D eigenvalue weighted by Crippen LogP contribution is 2.22. The molecule has 2 aliphatic rings. The van der Waals surface area contributed by atoms with E-state index in [0.717, 1.165) is 37.2 Å². The van der Waals surface area contributed by atoms with Gasteiger partial charge in [-0.15, -0.1) is 0 Å². The lowest BCUT2D eigenvalue weighted by molar-refractivity contribution is -0.301. The third kappa shape index (κ3) is 12.6. The number of rotatable bonds is 18. The van der Waals surface area contributed by atoms with E-state index in [9.17, 15) is 39.9 Å². The van der Waals surface area contributed by atoms with Crippen LogP contribution in [0.2, 0.25) is 0 Å². The monoisotopic (exact) mass is 592 g/mol. The van der Waals surface area contributed by atoms with Gasteiger partial charge in [-0.3, -0.25) is 4.79 Å². The fraction of sp³-hybridized carbons (Fsp3) is 0.889. The first kappa shape index (κ1) is 35.4. The Morgan fingerprint density at radius 3 is 2.41 bits per heavy atom. The molecule has 0 aromatic carbocycles. The Kier molecular flexibility index (Phi) is 16.8. The van der Waals surface area contributed by atoms with Gasteiger partial charge in [0.2, 0.25) is 0 Å². The maximum Gasteiger partial charge on any atom is 0.332 e. The van der Waals surface area contributed by atoms with Crippen LogP contribution in [-0.2, 0) is 33.4 Å². The van der Waals surface area contributed by atoms with Crippen molar-refractivity contribution in [3.8, 4) is 0 Å². The van der Waals surface area contributed by atoms with Gasteiger partial charge in [0.25, 0.3) is 5.91 Å². The van der Waals surface area contributed by atoms with Crippen molar-refractivity contribution in [1.29, 1.82) is 0 Å². The fourth-order valence-corrected chi connectivity index (χ4v) is 4.83. The van der Waals surface area contributed by atoms with Gasteiger partial charge in [-0.25, -0.2) is 4.79 Å². The number of unbranched alkanes of at least 4 members (excludes halogenated alkanes) is 2. The van der Waals surface area contributed by atoms with E-state index in [1.807, 2.05) is 0 Å². The Morgan fingerprint density at radius 2 is 1.71 bits per heavy atom. The van der Waals surface area contributed by atoms with Gasteiger partial charge in [0.15, 0.2) is 6.29 Å². The van der Waals surface area contributed by atoms with Crippen molar-refractivity contribution in [2.75, 3.05) is 46.5 Å². The zero-order valence-corrected chi connectivity index (χ0v) is 23.9. The average Bonchev–Trinajstić information content (AvgIpc) is 2.96. The summed E-state index contributed by atoms with van der Waals surface area (Å²) in [5, 5.41) is 50.5. The maximum atomic E-state index is 12.0. The van der Waals surface area contributed by atoms with Crippen LogP contribution >= 0.6 is 0 Å². The van der Waals surface area contributed by atoms with Crippen LogP contribution < -0.4 is 0 Å². The molecule has 0 aliphatic carbocycles. The predicted octanol–water partition coefficient (Wildman–Crippen LogP) is -1.12. The zero-order valence-electron chi connectivity index (χ0n) is 23.9. The number of amides is 1. The fourth-order valence-electron chi connectivity index (χ4n) is 4.83. The molecule has 0 radical (unpaired) electrons. The molecule has 0 bridgehead atoms. The van der Waals surface area contributed by atoms with Crippen molar-refractivity contribution in [1.82, 2.24) is 9.96 Å². The largest absolute Gasteiger partial charge is 0.394 e. The number of carbonyl (C=O) groups excluding carboxylic acids is 3. The van der Waals surface area contributed by atoms with E-state index in [2.05, 4.69) is 4.90 Å². The minimum Gasteiger partial charge on any atom is -0.394 e. The van der Waals surface area contributed by atoms with Crippen molar-refractivity contribution in [3.05, 3.63) is 0 Å². The molecule has 0 aromatic rings. The molecule has 7 atom stereocenters. The van der Waals surface area contributed by atoms with E-state index in [0.29, 0.717) is 45.4 Å². The third-order valence-corrected chi connectivity index (χ3v) is 7.33. The molecule has 14 nitrogen and oxygen atoms in total. The molecule has 5 unspecified atom stereocenters. The number of aldehydes is 1. The van der Waals surface area contributed by atoms with Crippen molar-refractivity contribution >= 4 is 18.2 Å². The number of aliphatic hydroxyl groups excluding tert-OH is 5. The van der Waals surface area contributed by atoms with Gasteiger partial charge in [-0.05, 0) is 51.6 Å². The summed E-state index contributed by atoms with van der Waals surface area (Å²) in [5.74, 6) is -0.971. The quantitative estimate of drug-likeness (QED) is 0.0730. The number of nitrogens with zero attached hydrogens (tertiary/aromatic N) is 2. The second-order valence-corrected chi connectivity index (χ2v) is 10.5. The number of carbonyl (C=O) groups is 3. The molecule has 2 aliphatic heterocycles. The second kappa shape index (κ2) is 19.4. The Labute approximate surface area is 241 Å². The topological polar surface area (TPSA) is 196 Å². The van der Waals surface area contributed by atoms with E-state index in [1.165, 1.54) is 7.05 Å². The summed E-state index contributed by atoms with van der Waals surface area (Å²) in [6.45, 7) is 2.11. The minimum atomic E-state index is -1.51. The molecule has 14 heteroatoms. The molecule has 2 rings (SSSR count). The highest BCUT2D eigenvalue weighted by Gasteiger charge is 2.44. The van der Waals surface area contributed by atoms with Crippen molar-refractivity contribution in [2.45, 2.75) is 107 Å². The number of aliphatic hydroxyl groups is 5. The number of hydrogen-bond acceptors (Lipinski definition) is 13. The van der Waals surface area contributed by atoms with E-state index in [1.54, 1.807) is 0 Å². The minimum absolute atomic E-state index is 0.0188. The predicted molar refractivity (Wildman–Crippen MR) is 143 cm³/mol. The Balaban J connectivity index is 1.77. The number of hydroxylamine groups is 2. The molecule has 0 saturated carbocycles. The normalized spacial score (nSPS) is 28.4. The third-order valence-electron chi connectivity index (χ3n) is 7.33. The van der Waals surface area contributed by atoms with Crippen LogP contribution in [-0.4, -0.2) is 143 Å². The van der Waals surface area contributed by atoms with Crippen LogP contribution in [0, 0.1) is 0 Å². The zero-order chi connectivity index (χ0) is 30.2. The van der Waals surface area contributed by atoms with E-state index in [-0.39, 0.29) is 32.0 Å². The average molecular weight is 593 g/mol. The second-order valence-electron chi connectivity index (χ2n) is 10.5. The lowest BCUT2D eigenvalue weighted by Crippen LogP contribution is -2.59. The van der Waals surface area contributed by atoms with Gasteiger partial charge in [0, 0.05) is 39.5 Å². The van der Waals surface area contributed by atoms with Crippen LogP contribution in [0.15, 0.2) is 0 Å². The van der Waals surface area contributed by atoms with E-state index < -0.39 is 55.3 Å². The Morgan fingerprint density at radius 1 is 0.951 bits per heavy atom. The van der Waals surface area contributed by atoms with Gasteiger partial charge in [0.1, 0.15) is 30.7 Å². The van der Waals surface area contributed by atoms with Gasteiger partial charge in [-0.2, -0.15) is 5.06 Å². The summed E-state index contributed by atoms with van der Waals surface area (Å²) >= 11 is 0. The molecule has 41 heavy (non-hydrogen) atoms. The van der Waals surface area contributed by atoms with Crippen LogP contribution in [0.1, 0.15) is 64.2 Å². The molecule has 2 fully saturated rings. The molecular formula is C27H48N2O12. The maximum absolute atomic E-state index is 12.0. The molecule has 1 amide bonds. The van der Waals surface area contributed by atoms with Crippen molar-refractivity contribution < 1.29 is 59.0 Å². The molecule has 5 N–H and O–H groups in total. The summed E-state index contributed by atoms with van der Waals surface area (Å²) < 4.78 is 16.8. The van der Waals surface area contributed by atoms with Crippen LogP contribution in [0.3, 0.4) is 0 Å².